The molecule has 0 saturated heterocycles. The number of ether oxygens (including phenoxy) is 1. The van der Waals surface area contributed by atoms with Crippen molar-refractivity contribution < 1.29 is 14.5 Å². The van der Waals surface area contributed by atoms with E-state index in [1.807, 2.05) is 0 Å². The van der Waals surface area contributed by atoms with Gasteiger partial charge in [0.2, 0.25) is 0 Å². The van der Waals surface area contributed by atoms with Gasteiger partial charge in [0.1, 0.15) is 19.1 Å². The number of esters is 1. The Bertz CT molecular complexity index is 587. The van der Waals surface area contributed by atoms with Crippen molar-refractivity contribution in [3.05, 3.63) is 40.5 Å². The summed E-state index contributed by atoms with van der Waals surface area (Å²) in [6, 6.07) is 1.49. The highest BCUT2D eigenvalue weighted by Gasteiger charge is 2.11. The van der Waals surface area contributed by atoms with Crippen molar-refractivity contribution in [1.29, 1.82) is 0 Å². The van der Waals surface area contributed by atoms with Crippen LogP contribution in [0.1, 0.15) is 10.5 Å². The second-order valence-corrected chi connectivity index (χ2v) is 3.37. The Labute approximate surface area is 101 Å². The summed E-state index contributed by atoms with van der Waals surface area (Å²) in [7, 11) is 1.26. The van der Waals surface area contributed by atoms with Crippen molar-refractivity contribution in [2.75, 3.05) is 7.11 Å². The molecule has 2 aromatic rings. The summed E-state index contributed by atoms with van der Waals surface area (Å²) in [6.45, 7) is 0.171. The van der Waals surface area contributed by atoms with Gasteiger partial charge in [-0.2, -0.15) is 10.2 Å². The summed E-state index contributed by atoms with van der Waals surface area (Å²) in [4.78, 5) is 21.1. The van der Waals surface area contributed by atoms with Crippen molar-refractivity contribution >= 4 is 11.7 Å². The lowest BCUT2D eigenvalue weighted by atomic mass is 10.4. The van der Waals surface area contributed by atoms with Crippen molar-refractivity contribution in [2.45, 2.75) is 6.67 Å². The molecule has 0 unspecified atom stereocenters. The Morgan fingerprint density at radius 3 is 2.94 bits per heavy atom. The van der Waals surface area contributed by atoms with E-state index in [1.54, 1.807) is 6.20 Å². The van der Waals surface area contributed by atoms with Crippen LogP contribution in [0.3, 0.4) is 0 Å². The summed E-state index contributed by atoms with van der Waals surface area (Å²) in [5.74, 6) is -0.541. The number of nitrogens with zero attached hydrogens (tertiary/aromatic N) is 5. The van der Waals surface area contributed by atoms with Gasteiger partial charge in [0.05, 0.1) is 12.0 Å². The van der Waals surface area contributed by atoms with Crippen LogP contribution in [0.5, 0.6) is 0 Å². The zero-order valence-corrected chi connectivity index (χ0v) is 9.39. The average molecular weight is 251 g/mol. The maximum atomic E-state index is 11.2. The molecule has 0 radical (unpaired) electrons. The number of hydrogen-bond acceptors (Lipinski definition) is 6. The largest absolute Gasteiger partial charge is 0.464 e. The molecule has 0 aromatic carbocycles. The van der Waals surface area contributed by atoms with Gasteiger partial charge in [-0.25, -0.2) is 9.48 Å². The van der Waals surface area contributed by atoms with Crippen LogP contribution in [0, 0.1) is 10.1 Å². The van der Waals surface area contributed by atoms with E-state index >= 15 is 0 Å². The molecule has 2 rings (SSSR count). The fourth-order valence-corrected chi connectivity index (χ4v) is 1.33. The van der Waals surface area contributed by atoms with Crippen LogP contribution < -0.4 is 0 Å². The van der Waals surface area contributed by atoms with Crippen LogP contribution in [0.15, 0.2) is 24.7 Å². The van der Waals surface area contributed by atoms with Crippen LogP contribution in [0.2, 0.25) is 0 Å². The molecule has 0 spiro atoms. The minimum atomic E-state index is -0.541. The second-order valence-electron chi connectivity index (χ2n) is 3.37. The normalized spacial score (nSPS) is 10.3. The molecular formula is C9H9N5O4. The van der Waals surface area contributed by atoms with Crippen LogP contribution in [-0.4, -0.2) is 37.6 Å². The maximum Gasteiger partial charge on any atom is 0.358 e. The smallest absolute Gasteiger partial charge is 0.358 e. The Kier molecular flexibility index (Phi) is 3.04. The average Bonchev–Trinajstić information content (AvgIpc) is 2.98. The first kappa shape index (κ1) is 11.8. The van der Waals surface area contributed by atoms with Gasteiger partial charge in [0.25, 0.3) is 0 Å². The SMILES string of the molecule is COC(=O)c1ccn(Cn2cc([N+](=O)[O-])cn2)n1. The topological polar surface area (TPSA) is 105 Å². The molecule has 0 atom stereocenters. The third-order valence-electron chi connectivity index (χ3n) is 2.16. The molecule has 9 heteroatoms. The van der Waals surface area contributed by atoms with Gasteiger partial charge in [0, 0.05) is 6.20 Å². The fraction of sp³-hybridized carbons (Fsp3) is 0.222. The number of rotatable bonds is 4. The molecule has 2 heterocycles. The number of nitro groups is 1. The van der Waals surface area contributed by atoms with Gasteiger partial charge in [-0.05, 0) is 6.07 Å². The van der Waals surface area contributed by atoms with Crippen molar-refractivity contribution in [3.63, 3.8) is 0 Å². The highest BCUT2D eigenvalue weighted by atomic mass is 16.6. The second kappa shape index (κ2) is 4.65. The Balaban J connectivity index is 2.11. The van der Waals surface area contributed by atoms with Crippen LogP contribution >= 0.6 is 0 Å². The Morgan fingerprint density at radius 2 is 2.33 bits per heavy atom. The Hall–Kier alpha value is -2.71. The van der Waals surface area contributed by atoms with Gasteiger partial charge in [-0.1, -0.05) is 0 Å². The Morgan fingerprint density at radius 1 is 1.56 bits per heavy atom. The third-order valence-corrected chi connectivity index (χ3v) is 2.16. The lowest BCUT2D eigenvalue weighted by molar-refractivity contribution is -0.385. The van der Waals surface area contributed by atoms with E-state index in [4.69, 9.17) is 0 Å². The van der Waals surface area contributed by atoms with E-state index in [9.17, 15) is 14.9 Å². The van der Waals surface area contributed by atoms with E-state index in [-0.39, 0.29) is 18.1 Å². The minimum absolute atomic E-state index is 0.102. The molecule has 0 amide bonds. The molecule has 0 aliphatic heterocycles. The quantitative estimate of drug-likeness (QED) is 0.439. The fourth-order valence-electron chi connectivity index (χ4n) is 1.33. The maximum absolute atomic E-state index is 11.2. The molecule has 94 valence electrons. The number of hydrogen-bond donors (Lipinski definition) is 0. The van der Waals surface area contributed by atoms with E-state index in [0.29, 0.717) is 0 Å². The zero-order chi connectivity index (χ0) is 13.1. The lowest BCUT2D eigenvalue weighted by Gasteiger charge is -2.00. The van der Waals surface area contributed by atoms with Crippen LogP contribution in [0.25, 0.3) is 0 Å². The van der Waals surface area contributed by atoms with Gasteiger partial charge in [0.15, 0.2) is 5.69 Å². The third kappa shape index (κ3) is 2.34. The molecule has 9 nitrogen and oxygen atoms in total. The summed E-state index contributed by atoms with van der Waals surface area (Å²) >= 11 is 0. The van der Waals surface area contributed by atoms with Crippen LogP contribution in [0.4, 0.5) is 5.69 Å². The van der Waals surface area contributed by atoms with Gasteiger partial charge >= 0.3 is 11.7 Å². The monoisotopic (exact) mass is 251 g/mol. The molecular weight excluding hydrogens is 242 g/mol. The molecule has 0 N–H and O–H groups in total. The molecule has 18 heavy (non-hydrogen) atoms. The molecule has 0 fully saturated rings. The molecule has 0 bridgehead atoms. The summed E-state index contributed by atoms with van der Waals surface area (Å²) in [5.41, 5.74) is 0.0644. The predicted octanol–water partition coefficient (Wildman–Crippen LogP) is 0.280. The van der Waals surface area contributed by atoms with E-state index in [2.05, 4.69) is 14.9 Å². The van der Waals surface area contributed by atoms with Crippen molar-refractivity contribution in [1.82, 2.24) is 19.6 Å². The van der Waals surface area contributed by atoms with Crippen LogP contribution in [-0.2, 0) is 11.4 Å². The summed E-state index contributed by atoms with van der Waals surface area (Å²) < 4.78 is 7.27. The predicted molar refractivity (Wildman–Crippen MR) is 57.8 cm³/mol. The number of methoxy groups -OCH3 is 1. The highest BCUT2D eigenvalue weighted by Crippen LogP contribution is 2.08. The van der Waals surface area contributed by atoms with E-state index in [1.165, 1.54) is 28.7 Å². The van der Waals surface area contributed by atoms with Gasteiger partial charge < -0.3 is 4.74 Å². The lowest BCUT2D eigenvalue weighted by Crippen LogP contribution is -2.10. The van der Waals surface area contributed by atoms with Crippen molar-refractivity contribution in [3.8, 4) is 0 Å². The van der Waals surface area contributed by atoms with E-state index < -0.39 is 10.9 Å². The first-order valence-electron chi connectivity index (χ1n) is 4.89. The standard InChI is InChI=1S/C9H9N5O4/c1-18-9(15)8-2-3-12(11-8)6-13-5-7(4-10-13)14(16)17/h2-5H,6H2,1H3. The molecule has 0 aliphatic rings. The summed E-state index contributed by atoms with van der Waals surface area (Å²) in [6.07, 6.45) is 3.98. The first-order valence-corrected chi connectivity index (χ1v) is 4.89. The highest BCUT2D eigenvalue weighted by molar-refractivity contribution is 5.86. The minimum Gasteiger partial charge on any atom is -0.464 e. The number of carbonyl (C=O) groups excluding carboxylic acids is 1. The number of aromatic nitrogens is 4. The first-order chi connectivity index (χ1) is 8.60. The molecule has 0 saturated carbocycles. The van der Waals surface area contributed by atoms with Gasteiger partial charge in [-0.15, -0.1) is 0 Å². The summed E-state index contributed by atoms with van der Waals surface area (Å²) in [5, 5.41) is 18.2. The van der Waals surface area contributed by atoms with Crippen molar-refractivity contribution in [2.24, 2.45) is 0 Å². The number of carbonyl (C=O) groups is 1. The molecule has 2 aromatic heterocycles. The van der Waals surface area contributed by atoms with Gasteiger partial charge in [-0.3, -0.25) is 14.8 Å². The molecule has 0 aliphatic carbocycles. The zero-order valence-electron chi connectivity index (χ0n) is 9.39. The van der Waals surface area contributed by atoms with E-state index in [0.717, 1.165) is 6.20 Å².